The first-order valence-corrected chi connectivity index (χ1v) is 9.94. The molecule has 0 aliphatic carbocycles. The maximum Gasteiger partial charge on any atom is 0.305 e. The van der Waals surface area contributed by atoms with Crippen LogP contribution in [0.4, 0.5) is 0 Å². The molecule has 3 amide bonds. The fraction of sp³-hybridized carbons (Fsp3) is 0.450. The standard InChI is InChI=1S/C20H29N5O7/c21-7-1-2-15(22)19(31)23-10-17(28)25-16(9-18(29)30)20(32)24-13(11-26)8-12-3-5-14(27)6-4-12/h3-6,11,13,15-16,27H,1-2,7-10,21-22H2,(H,23,31)(H,24,32)(H,25,28)(H,29,30)/t13-,15+,16?/m1/s1. The maximum atomic E-state index is 12.5. The number of benzene rings is 1. The number of aromatic hydroxyl groups is 1. The van der Waals surface area contributed by atoms with Gasteiger partial charge in [0, 0.05) is 0 Å². The van der Waals surface area contributed by atoms with Crippen LogP contribution in [0.15, 0.2) is 24.3 Å². The molecule has 176 valence electrons. The summed E-state index contributed by atoms with van der Waals surface area (Å²) in [7, 11) is 0. The minimum Gasteiger partial charge on any atom is -0.508 e. The van der Waals surface area contributed by atoms with Crippen LogP contribution in [0.3, 0.4) is 0 Å². The van der Waals surface area contributed by atoms with Gasteiger partial charge in [0.05, 0.1) is 25.0 Å². The number of aliphatic carboxylic acids is 1. The lowest BCUT2D eigenvalue weighted by molar-refractivity contribution is -0.141. The number of hydrogen-bond donors (Lipinski definition) is 7. The molecule has 12 nitrogen and oxygen atoms in total. The van der Waals surface area contributed by atoms with Crippen molar-refractivity contribution in [2.75, 3.05) is 13.1 Å². The van der Waals surface area contributed by atoms with Gasteiger partial charge in [-0.05, 0) is 43.5 Å². The van der Waals surface area contributed by atoms with Crippen LogP contribution in [-0.4, -0.2) is 71.4 Å². The van der Waals surface area contributed by atoms with Crippen LogP contribution in [-0.2, 0) is 30.4 Å². The number of carboxylic acid groups (broad SMARTS) is 1. The van der Waals surface area contributed by atoms with E-state index >= 15 is 0 Å². The van der Waals surface area contributed by atoms with E-state index in [0.29, 0.717) is 31.2 Å². The first-order valence-electron chi connectivity index (χ1n) is 9.94. The Morgan fingerprint density at radius 1 is 1.06 bits per heavy atom. The molecule has 0 aliphatic heterocycles. The van der Waals surface area contributed by atoms with Gasteiger partial charge in [0.2, 0.25) is 17.7 Å². The van der Waals surface area contributed by atoms with Crippen molar-refractivity contribution in [3.05, 3.63) is 29.8 Å². The highest BCUT2D eigenvalue weighted by atomic mass is 16.4. The Bertz CT molecular complexity index is 800. The molecule has 12 heteroatoms. The van der Waals surface area contributed by atoms with E-state index in [1.165, 1.54) is 12.1 Å². The van der Waals surface area contributed by atoms with Crippen LogP contribution in [0.5, 0.6) is 5.75 Å². The lowest BCUT2D eigenvalue weighted by Gasteiger charge is -2.20. The molecule has 1 aromatic carbocycles. The zero-order valence-corrected chi connectivity index (χ0v) is 17.5. The maximum absolute atomic E-state index is 12.5. The minimum atomic E-state index is -1.47. The van der Waals surface area contributed by atoms with Crippen molar-refractivity contribution in [1.82, 2.24) is 16.0 Å². The summed E-state index contributed by atoms with van der Waals surface area (Å²) in [5.41, 5.74) is 11.7. The van der Waals surface area contributed by atoms with Crippen molar-refractivity contribution in [2.45, 2.75) is 43.8 Å². The summed E-state index contributed by atoms with van der Waals surface area (Å²) in [5, 5.41) is 25.3. The van der Waals surface area contributed by atoms with Crippen LogP contribution in [0.2, 0.25) is 0 Å². The number of phenolic OH excluding ortho intramolecular Hbond substituents is 1. The molecule has 0 saturated heterocycles. The summed E-state index contributed by atoms with van der Waals surface area (Å²) in [5.74, 6) is -3.56. The van der Waals surface area contributed by atoms with Gasteiger partial charge in [-0.25, -0.2) is 0 Å². The van der Waals surface area contributed by atoms with E-state index in [9.17, 15) is 29.1 Å². The summed E-state index contributed by atoms with van der Waals surface area (Å²) < 4.78 is 0. The Hall–Kier alpha value is -3.51. The molecular weight excluding hydrogens is 422 g/mol. The second-order valence-corrected chi connectivity index (χ2v) is 7.09. The van der Waals surface area contributed by atoms with Gasteiger partial charge in [-0.3, -0.25) is 19.2 Å². The smallest absolute Gasteiger partial charge is 0.305 e. The molecule has 0 heterocycles. The summed E-state index contributed by atoms with van der Waals surface area (Å²) in [4.78, 5) is 58.9. The minimum absolute atomic E-state index is 0.0390. The fourth-order valence-corrected chi connectivity index (χ4v) is 2.70. The van der Waals surface area contributed by atoms with Gasteiger partial charge in [0.1, 0.15) is 18.1 Å². The number of rotatable bonds is 14. The van der Waals surface area contributed by atoms with E-state index in [-0.39, 0.29) is 12.2 Å². The molecule has 0 fully saturated rings. The van der Waals surface area contributed by atoms with Crippen LogP contribution in [0.25, 0.3) is 0 Å². The highest BCUT2D eigenvalue weighted by Crippen LogP contribution is 2.11. The largest absolute Gasteiger partial charge is 0.508 e. The van der Waals surface area contributed by atoms with Crippen LogP contribution >= 0.6 is 0 Å². The quantitative estimate of drug-likeness (QED) is 0.152. The number of carbonyl (C=O) groups excluding carboxylic acids is 4. The zero-order valence-electron chi connectivity index (χ0n) is 17.5. The first-order chi connectivity index (χ1) is 15.2. The number of phenols is 1. The lowest BCUT2D eigenvalue weighted by Crippen LogP contribution is -2.53. The van der Waals surface area contributed by atoms with Crippen molar-refractivity contribution in [3.63, 3.8) is 0 Å². The number of nitrogens with two attached hydrogens (primary N) is 2. The number of hydrogen-bond acceptors (Lipinski definition) is 8. The number of nitrogens with one attached hydrogen (secondary N) is 3. The van der Waals surface area contributed by atoms with E-state index in [0.717, 1.165) is 0 Å². The van der Waals surface area contributed by atoms with Crippen molar-refractivity contribution < 1.29 is 34.2 Å². The Kier molecular flexibility index (Phi) is 11.4. The van der Waals surface area contributed by atoms with E-state index < -0.39 is 54.8 Å². The zero-order chi connectivity index (χ0) is 24.1. The van der Waals surface area contributed by atoms with E-state index in [2.05, 4.69) is 16.0 Å². The third kappa shape index (κ3) is 10.00. The average molecular weight is 451 g/mol. The highest BCUT2D eigenvalue weighted by Gasteiger charge is 2.26. The second kappa shape index (κ2) is 13.7. The van der Waals surface area contributed by atoms with Crippen LogP contribution < -0.4 is 27.4 Å². The van der Waals surface area contributed by atoms with Gasteiger partial charge in [-0.1, -0.05) is 12.1 Å². The van der Waals surface area contributed by atoms with E-state index in [1.54, 1.807) is 12.1 Å². The van der Waals surface area contributed by atoms with Gasteiger partial charge in [0.15, 0.2) is 0 Å². The van der Waals surface area contributed by atoms with Crippen molar-refractivity contribution in [3.8, 4) is 5.75 Å². The highest BCUT2D eigenvalue weighted by molar-refractivity contribution is 5.93. The molecule has 0 aromatic heterocycles. The Balaban J connectivity index is 2.66. The molecule has 0 spiro atoms. The fourth-order valence-electron chi connectivity index (χ4n) is 2.70. The molecular formula is C20H29N5O7. The Labute approximate surface area is 184 Å². The summed E-state index contributed by atoms with van der Waals surface area (Å²) >= 11 is 0. The number of amides is 3. The summed E-state index contributed by atoms with van der Waals surface area (Å²) in [6.07, 6.45) is 0.714. The molecule has 1 rings (SSSR count). The normalized spacial score (nSPS) is 13.3. The monoisotopic (exact) mass is 451 g/mol. The van der Waals surface area contributed by atoms with E-state index in [4.69, 9.17) is 16.6 Å². The van der Waals surface area contributed by atoms with Gasteiger partial charge >= 0.3 is 5.97 Å². The molecule has 3 atom stereocenters. The third-order valence-corrected chi connectivity index (χ3v) is 4.39. The predicted molar refractivity (Wildman–Crippen MR) is 113 cm³/mol. The lowest BCUT2D eigenvalue weighted by atomic mass is 10.1. The summed E-state index contributed by atoms with van der Waals surface area (Å²) in [6.45, 7) is -0.148. The van der Waals surface area contributed by atoms with Crippen LogP contribution in [0.1, 0.15) is 24.8 Å². The average Bonchev–Trinajstić information content (AvgIpc) is 2.75. The van der Waals surface area contributed by atoms with Gasteiger partial charge in [-0.2, -0.15) is 0 Å². The number of carbonyl (C=O) groups is 5. The molecule has 0 bridgehead atoms. The van der Waals surface area contributed by atoms with Crippen molar-refractivity contribution in [1.29, 1.82) is 0 Å². The molecule has 0 saturated carbocycles. The van der Waals surface area contributed by atoms with Crippen molar-refractivity contribution >= 4 is 30.0 Å². The van der Waals surface area contributed by atoms with Crippen molar-refractivity contribution in [2.24, 2.45) is 11.5 Å². The SMILES string of the molecule is NCCC[C@H](N)C(=O)NCC(=O)NC(CC(=O)O)C(=O)N[C@@H](C=O)Cc1ccc(O)cc1. The van der Waals surface area contributed by atoms with Gasteiger partial charge < -0.3 is 42.4 Å². The molecule has 1 unspecified atom stereocenters. The number of aldehydes is 1. The van der Waals surface area contributed by atoms with Gasteiger partial charge in [-0.15, -0.1) is 0 Å². The van der Waals surface area contributed by atoms with E-state index in [1.807, 2.05) is 0 Å². The first kappa shape index (κ1) is 26.5. The molecule has 0 aliphatic rings. The van der Waals surface area contributed by atoms with Gasteiger partial charge in [0.25, 0.3) is 0 Å². The topological polar surface area (TPSA) is 214 Å². The predicted octanol–water partition coefficient (Wildman–Crippen LogP) is -2.24. The second-order valence-electron chi connectivity index (χ2n) is 7.09. The molecule has 32 heavy (non-hydrogen) atoms. The van der Waals surface area contributed by atoms with Crippen LogP contribution in [0, 0.1) is 0 Å². The third-order valence-electron chi connectivity index (χ3n) is 4.39. The number of carboxylic acids is 1. The molecule has 1 aromatic rings. The Morgan fingerprint density at radius 2 is 1.72 bits per heavy atom. The Morgan fingerprint density at radius 3 is 2.28 bits per heavy atom. The molecule has 9 N–H and O–H groups in total. The summed E-state index contributed by atoms with van der Waals surface area (Å²) in [6, 6.07) is 2.67. The molecule has 0 radical (unpaired) electrons.